The summed E-state index contributed by atoms with van der Waals surface area (Å²) in [6.45, 7) is 10.1. The van der Waals surface area contributed by atoms with Gasteiger partial charge in [0.15, 0.2) is 0 Å². The van der Waals surface area contributed by atoms with Crippen molar-refractivity contribution in [1.29, 1.82) is 0 Å². The molecule has 0 saturated heterocycles. The van der Waals surface area contributed by atoms with E-state index in [2.05, 4.69) is 38.3 Å². The first-order valence-corrected chi connectivity index (χ1v) is 7.92. The van der Waals surface area contributed by atoms with E-state index in [1.165, 1.54) is 0 Å². The van der Waals surface area contributed by atoms with Crippen LogP contribution in [0, 0.1) is 28.6 Å². The Kier molecular flexibility index (Phi) is 4.22. The molecule has 2 rings (SSSR count). The molecule has 0 aromatic carbocycles. The van der Waals surface area contributed by atoms with Crippen LogP contribution in [0.25, 0.3) is 0 Å². The number of hydrogen-bond acceptors (Lipinski definition) is 2. The summed E-state index contributed by atoms with van der Waals surface area (Å²) in [6, 6.07) is -0.176. The summed E-state index contributed by atoms with van der Waals surface area (Å²) in [7, 11) is 0. The standard InChI is InChI=1S/C16H28N2O3/c1-15(2)12(16(15,3)4)9-18-14(21)17-8-10-6-5-7-11(10)13(19)20/h10-12H,5-9H2,1-4H3,(H,19,20)(H2,17,18,21). The molecule has 0 aromatic rings. The van der Waals surface area contributed by atoms with Gasteiger partial charge in [-0.3, -0.25) is 4.79 Å². The zero-order valence-electron chi connectivity index (χ0n) is 13.5. The second-order valence-corrected chi connectivity index (χ2v) is 7.72. The molecule has 2 unspecified atom stereocenters. The predicted molar refractivity (Wildman–Crippen MR) is 80.9 cm³/mol. The van der Waals surface area contributed by atoms with Gasteiger partial charge < -0.3 is 15.7 Å². The lowest BCUT2D eigenvalue weighted by Gasteiger charge is -2.16. The summed E-state index contributed by atoms with van der Waals surface area (Å²) in [5, 5.41) is 14.9. The van der Waals surface area contributed by atoms with Crippen LogP contribution in [0.3, 0.4) is 0 Å². The number of aliphatic carboxylic acids is 1. The average molecular weight is 296 g/mol. The van der Waals surface area contributed by atoms with Gasteiger partial charge in [-0.1, -0.05) is 34.1 Å². The Morgan fingerprint density at radius 2 is 1.62 bits per heavy atom. The minimum absolute atomic E-state index is 0.0713. The van der Waals surface area contributed by atoms with Gasteiger partial charge in [-0.2, -0.15) is 0 Å². The maximum Gasteiger partial charge on any atom is 0.314 e. The van der Waals surface area contributed by atoms with Crippen molar-refractivity contribution in [2.45, 2.75) is 47.0 Å². The van der Waals surface area contributed by atoms with Crippen molar-refractivity contribution in [1.82, 2.24) is 10.6 Å². The minimum atomic E-state index is -0.735. The average Bonchev–Trinajstić information content (AvgIpc) is 2.74. The first-order chi connectivity index (χ1) is 9.68. The molecule has 2 saturated carbocycles. The fourth-order valence-electron chi connectivity index (χ4n) is 3.93. The number of carboxylic acid groups (broad SMARTS) is 1. The maximum absolute atomic E-state index is 11.9. The molecule has 2 atom stereocenters. The molecule has 3 N–H and O–H groups in total. The summed E-state index contributed by atoms with van der Waals surface area (Å²) >= 11 is 0. The molecule has 5 heteroatoms. The molecule has 120 valence electrons. The second-order valence-electron chi connectivity index (χ2n) is 7.72. The molecule has 0 spiro atoms. The predicted octanol–water partition coefficient (Wildman–Crippen LogP) is 2.47. The molecule has 0 aromatic heterocycles. The minimum Gasteiger partial charge on any atom is -0.481 e. The number of carbonyl (C=O) groups is 2. The van der Waals surface area contributed by atoms with Gasteiger partial charge in [0.05, 0.1) is 5.92 Å². The van der Waals surface area contributed by atoms with Gasteiger partial charge in [-0.15, -0.1) is 0 Å². The number of hydrogen-bond donors (Lipinski definition) is 3. The zero-order valence-corrected chi connectivity index (χ0v) is 13.5. The number of rotatable bonds is 5. The third-order valence-electron chi connectivity index (χ3n) is 6.29. The Labute approximate surface area is 126 Å². The van der Waals surface area contributed by atoms with Crippen LogP contribution >= 0.6 is 0 Å². The summed E-state index contributed by atoms with van der Waals surface area (Å²) in [4.78, 5) is 23.0. The molecule has 2 aliphatic rings. The van der Waals surface area contributed by atoms with Crippen LogP contribution < -0.4 is 10.6 Å². The lowest BCUT2D eigenvalue weighted by Crippen LogP contribution is -2.40. The number of carbonyl (C=O) groups excluding carboxylic acids is 1. The van der Waals surface area contributed by atoms with Gasteiger partial charge in [0.1, 0.15) is 0 Å². The third kappa shape index (κ3) is 3.01. The fraction of sp³-hybridized carbons (Fsp3) is 0.875. The van der Waals surface area contributed by atoms with Crippen molar-refractivity contribution in [3.8, 4) is 0 Å². The van der Waals surface area contributed by atoms with Crippen LogP contribution in [0.4, 0.5) is 4.79 Å². The van der Waals surface area contributed by atoms with E-state index in [4.69, 9.17) is 5.11 Å². The summed E-state index contributed by atoms with van der Waals surface area (Å²) in [5.41, 5.74) is 0.528. The summed E-state index contributed by atoms with van der Waals surface area (Å²) < 4.78 is 0. The van der Waals surface area contributed by atoms with Crippen molar-refractivity contribution in [3.05, 3.63) is 0 Å². The molecular weight excluding hydrogens is 268 g/mol. The number of carboxylic acids is 1. The number of urea groups is 1. The van der Waals surface area contributed by atoms with Gasteiger partial charge in [0, 0.05) is 13.1 Å². The third-order valence-corrected chi connectivity index (χ3v) is 6.29. The van der Waals surface area contributed by atoms with E-state index >= 15 is 0 Å². The molecule has 21 heavy (non-hydrogen) atoms. The van der Waals surface area contributed by atoms with E-state index < -0.39 is 5.97 Å². The van der Waals surface area contributed by atoms with Crippen LogP contribution in [-0.2, 0) is 4.79 Å². The highest BCUT2D eigenvalue weighted by atomic mass is 16.4. The molecule has 0 heterocycles. The summed E-state index contributed by atoms with van der Waals surface area (Å²) in [5.74, 6) is -0.469. The van der Waals surface area contributed by atoms with E-state index in [1.807, 2.05) is 0 Å². The van der Waals surface area contributed by atoms with Gasteiger partial charge >= 0.3 is 12.0 Å². The molecule has 0 radical (unpaired) electrons. The van der Waals surface area contributed by atoms with Crippen molar-refractivity contribution in [2.24, 2.45) is 28.6 Å². The Bertz CT molecular complexity index is 417. The largest absolute Gasteiger partial charge is 0.481 e. The van der Waals surface area contributed by atoms with E-state index in [0.717, 1.165) is 19.3 Å². The van der Waals surface area contributed by atoms with E-state index in [0.29, 0.717) is 19.0 Å². The van der Waals surface area contributed by atoms with Gasteiger partial charge in [-0.05, 0) is 35.5 Å². The van der Waals surface area contributed by atoms with E-state index in [1.54, 1.807) is 0 Å². The Balaban J connectivity index is 1.70. The second kappa shape index (κ2) is 5.50. The topological polar surface area (TPSA) is 78.4 Å². The Morgan fingerprint density at radius 3 is 2.14 bits per heavy atom. The van der Waals surface area contributed by atoms with Gasteiger partial charge in [0.25, 0.3) is 0 Å². The highest BCUT2D eigenvalue weighted by Crippen LogP contribution is 2.67. The van der Waals surface area contributed by atoms with E-state index in [9.17, 15) is 9.59 Å². The zero-order chi connectivity index (χ0) is 15.8. The van der Waals surface area contributed by atoms with Crippen LogP contribution in [0.1, 0.15) is 47.0 Å². The van der Waals surface area contributed by atoms with Crippen LogP contribution in [-0.4, -0.2) is 30.2 Å². The lowest BCUT2D eigenvalue weighted by molar-refractivity contribution is -0.142. The Morgan fingerprint density at radius 1 is 1.05 bits per heavy atom. The van der Waals surface area contributed by atoms with E-state index in [-0.39, 0.29) is 28.7 Å². The van der Waals surface area contributed by atoms with Crippen molar-refractivity contribution in [2.75, 3.05) is 13.1 Å². The SMILES string of the molecule is CC1(C)C(CNC(=O)NCC2CCCC2C(=O)O)C1(C)C. The van der Waals surface area contributed by atoms with Crippen molar-refractivity contribution >= 4 is 12.0 Å². The van der Waals surface area contributed by atoms with Crippen molar-refractivity contribution < 1.29 is 14.7 Å². The van der Waals surface area contributed by atoms with Gasteiger partial charge in [-0.25, -0.2) is 4.79 Å². The quantitative estimate of drug-likeness (QED) is 0.729. The van der Waals surface area contributed by atoms with Crippen LogP contribution in [0.5, 0.6) is 0 Å². The highest BCUT2D eigenvalue weighted by molar-refractivity contribution is 5.74. The number of amides is 2. The molecular formula is C16H28N2O3. The van der Waals surface area contributed by atoms with Crippen molar-refractivity contribution in [3.63, 3.8) is 0 Å². The fourth-order valence-corrected chi connectivity index (χ4v) is 3.93. The Hall–Kier alpha value is -1.26. The molecule has 0 aliphatic heterocycles. The maximum atomic E-state index is 11.9. The molecule has 5 nitrogen and oxygen atoms in total. The lowest BCUT2D eigenvalue weighted by atomic mass is 9.96. The molecule has 2 fully saturated rings. The first kappa shape index (κ1) is 16.1. The van der Waals surface area contributed by atoms with Gasteiger partial charge in [0.2, 0.25) is 0 Å². The smallest absolute Gasteiger partial charge is 0.314 e. The number of nitrogens with one attached hydrogen (secondary N) is 2. The molecule has 2 amide bonds. The normalized spacial score (nSPS) is 29.9. The summed E-state index contributed by atoms with van der Waals surface area (Å²) in [6.07, 6.45) is 2.56. The first-order valence-electron chi connectivity index (χ1n) is 7.92. The van der Waals surface area contributed by atoms with Crippen LogP contribution in [0.2, 0.25) is 0 Å². The molecule has 2 aliphatic carbocycles. The molecule has 0 bridgehead atoms. The monoisotopic (exact) mass is 296 g/mol. The van der Waals surface area contributed by atoms with Crippen LogP contribution in [0.15, 0.2) is 0 Å². The highest BCUT2D eigenvalue weighted by Gasteiger charge is 2.64.